The summed E-state index contributed by atoms with van der Waals surface area (Å²) < 4.78 is 0. The van der Waals surface area contributed by atoms with E-state index in [-0.39, 0.29) is 5.91 Å². The molecule has 0 fully saturated rings. The minimum absolute atomic E-state index is 0.0130. The highest BCUT2D eigenvalue weighted by Crippen LogP contribution is 2.36. The lowest BCUT2D eigenvalue weighted by molar-refractivity contribution is 0.0953. The van der Waals surface area contributed by atoms with Crippen LogP contribution in [-0.2, 0) is 6.42 Å². The Balaban J connectivity index is 1.06. The standard InChI is InChI=1S/C30H32N2O/c33-30(25-16-13-23(14-17-25)22-8-2-1-3-9-22)31-19-7-6-11-27-20-29-26(21-32-27)18-15-24-10-4-5-12-28(24)29/h1-5,8-10,12-14,16-17,27,32H,6-7,11,15,18-21H2,(H,31,33). The van der Waals surface area contributed by atoms with E-state index in [2.05, 4.69) is 47.0 Å². The van der Waals surface area contributed by atoms with Gasteiger partial charge in [0.15, 0.2) is 0 Å². The number of nitrogens with one attached hydrogen (secondary N) is 2. The third-order valence-electron chi connectivity index (χ3n) is 7.04. The average molecular weight is 437 g/mol. The van der Waals surface area contributed by atoms with E-state index in [0.717, 1.165) is 49.9 Å². The molecule has 0 saturated heterocycles. The van der Waals surface area contributed by atoms with E-state index in [9.17, 15) is 4.79 Å². The van der Waals surface area contributed by atoms with E-state index < -0.39 is 0 Å². The van der Waals surface area contributed by atoms with Crippen LogP contribution in [-0.4, -0.2) is 25.0 Å². The number of carbonyl (C=O) groups is 1. The predicted molar refractivity (Wildman–Crippen MR) is 136 cm³/mol. The SMILES string of the molecule is O=C(NCCCCC1CC2=C(CCc3ccccc32)CN1)c1ccc(-c2ccccc2)cc1. The van der Waals surface area contributed by atoms with Gasteiger partial charge in [-0.25, -0.2) is 0 Å². The Morgan fingerprint density at radius 3 is 2.45 bits per heavy atom. The van der Waals surface area contributed by atoms with Crippen molar-refractivity contribution in [3.8, 4) is 11.1 Å². The molecule has 33 heavy (non-hydrogen) atoms. The number of carbonyl (C=O) groups excluding carboxylic acids is 1. The molecular formula is C30H32N2O. The fraction of sp³-hybridized carbons (Fsp3) is 0.300. The third kappa shape index (κ3) is 5.09. The molecule has 0 spiro atoms. The monoisotopic (exact) mass is 436 g/mol. The van der Waals surface area contributed by atoms with Crippen LogP contribution in [0.4, 0.5) is 0 Å². The number of benzene rings is 3. The fourth-order valence-electron chi connectivity index (χ4n) is 5.16. The topological polar surface area (TPSA) is 41.1 Å². The Morgan fingerprint density at radius 2 is 1.61 bits per heavy atom. The van der Waals surface area contributed by atoms with Gasteiger partial charge in [-0.05, 0) is 72.1 Å². The normalized spacial score (nSPS) is 17.3. The van der Waals surface area contributed by atoms with Gasteiger partial charge < -0.3 is 10.6 Å². The highest BCUT2D eigenvalue weighted by atomic mass is 16.1. The number of hydrogen-bond donors (Lipinski definition) is 2. The Labute approximate surface area is 196 Å². The summed E-state index contributed by atoms with van der Waals surface area (Å²) in [4.78, 5) is 12.5. The molecule has 5 rings (SSSR count). The van der Waals surface area contributed by atoms with Crippen molar-refractivity contribution in [2.45, 2.75) is 44.6 Å². The van der Waals surface area contributed by atoms with Crippen LogP contribution in [0, 0.1) is 0 Å². The van der Waals surface area contributed by atoms with E-state index in [4.69, 9.17) is 0 Å². The maximum atomic E-state index is 12.5. The molecule has 2 aliphatic rings. The zero-order chi connectivity index (χ0) is 22.5. The summed E-state index contributed by atoms with van der Waals surface area (Å²) in [6.07, 6.45) is 6.79. The average Bonchev–Trinajstić information content (AvgIpc) is 2.89. The van der Waals surface area contributed by atoms with Gasteiger partial charge in [0.1, 0.15) is 0 Å². The molecule has 3 nitrogen and oxygen atoms in total. The molecule has 0 saturated carbocycles. The summed E-state index contributed by atoms with van der Waals surface area (Å²) in [5, 5.41) is 6.83. The largest absolute Gasteiger partial charge is 0.352 e. The molecule has 0 bridgehead atoms. The Morgan fingerprint density at radius 1 is 0.848 bits per heavy atom. The van der Waals surface area contributed by atoms with E-state index in [1.165, 1.54) is 29.5 Å². The molecule has 0 radical (unpaired) electrons. The number of hydrogen-bond acceptors (Lipinski definition) is 2. The molecule has 1 atom stereocenters. The lowest BCUT2D eigenvalue weighted by Gasteiger charge is -2.33. The molecule has 168 valence electrons. The molecule has 0 aromatic heterocycles. The Kier molecular flexibility index (Phi) is 6.68. The highest BCUT2D eigenvalue weighted by molar-refractivity contribution is 5.94. The summed E-state index contributed by atoms with van der Waals surface area (Å²) in [5.41, 5.74) is 9.21. The number of fused-ring (bicyclic) bond motifs is 2. The third-order valence-corrected chi connectivity index (χ3v) is 7.04. The van der Waals surface area contributed by atoms with Crippen LogP contribution >= 0.6 is 0 Å². The lowest BCUT2D eigenvalue weighted by atomic mass is 9.80. The van der Waals surface area contributed by atoms with Crippen molar-refractivity contribution in [1.82, 2.24) is 10.6 Å². The predicted octanol–water partition coefficient (Wildman–Crippen LogP) is 6.02. The fourth-order valence-corrected chi connectivity index (χ4v) is 5.16. The first kappa shape index (κ1) is 21.7. The molecule has 1 unspecified atom stereocenters. The van der Waals surface area contributed by atoms with E-state index in [1.54, 1.807) is 11.1 Å². The van der Waals surface area contributed by atoms with Gasteiger partial charge in [-0.15, -0.1) is 0 Å². The maximum Gasteiger partial charge on any atom is 0.251 e. The van der Waals surface area contributed by atoms with Crippen LogP contribution in [0.2, 0.25) is 0 Å². The number of aryl methyl sites for hydroxylation is 1. The van der Waals surface area contributed by atoms with Gasteiger partial charge in [0.2, 0.25) is 0 Å². The Hall–Kier alpha value is -3.17. The second-order valence-corrected chi connectivity index (χ2v) is 9.22. The minimum Gasteiger partial charge on any atom is -0.352 e. The second-order valence-electron chi connectivity index (χ2n) is 9.22. The van der Waals surface area contributed by atoms with Gasteiger partial charge >= 0.3 is 0 Å². The molecule has 1 heterocycles. The van der Waals surface area contributed by atoms with Crippen molar-refractivity contribution in [1.29, 1.82) is 0 Å². The van der Waals surface area contributed by atoms with Crippen LogP contribution in [0.1, 0.15) is 53.6 Å². The van der Waals surface area contributed by atoms with Crippen LogP contribution in [0.25, 0.3) is 16.7 Å². The number of unbranched alkanes of at least 4 members (excludes halogenated alkanes) is 1. The quantitative estimate of drug-likeness (QED) is 0.445. The van der Waals surface area contributed by atoms with Gasteiger partial charge in [0.25, 0.3) is 5.91 Å². The van der Waals surface area contributed by atoms with Crippen molar-refractivity contribution in [2.24, 2.45) is 0 Å². The molecule has 1 aliphatic heterocycles. The van der Waals surface area contributed by atoms with Crippen LogP contribution in [0.15, 0.2) is 84.4 Å². The summed E-state index contributed by atoms with van der Waals surface area (Å²) in [6, 6.07) is 27.6. The second kappa shape index (κ2) is 10.2. The first-order chi connectivity index (χ1) is 16.3. The van der Waals surface area contributed by atoms with Crippen molar-refractivity contribution in [2.75, 3.05) is 13.1 Å². The molecular weight excluding hydrogens is 404 g/mol. The minimum atomic E-state index is 0.0130. The smallest absolute Gasteiger partial charge is 0.251 e. The van der Waals surface area contributed by atoms with Gasteiger partial charge in [-0.1, -0.05) is 78.7 Å². The highest BCUT2D eigenvalue weighted by Gasteiger charge is 2.25. The van der Waals surface area contributed by atoms with E-state index >= 15 is 0 Å². The first-order valence-electron chi connectivity index (χ1n) is 12.2. The van der Waals surface area contributed by atoms with Gasteiger partial charge in [-0.3, -0.25) is 4.79 Å². The van der Waals surface area contributed by atoms with Crippen molar-refractivity contribution >= 4 is 11.5 Å². The van der Waals surface area contributed by atoms with Crippen molar-refractivity contribution in [3.05, 3.63) is 101 Å². The summed E-state index contributed by atoms with van der Waals surface area (Å²) in [6.45, 7) is 1.76. The van der Waals surface area contributed by atoms with Crippen LogP contribution in [0.5, 0.6) is 0 Å². The van der Waals surface area contributed by atoms with Crippen LogP contribution < -0.4 is 10.6 Å². The number of rotatable bonds is 7. The molecule has 3 aromatic carbocycles. The summed E-state index contributed by atoms with van der Waals surface area (Å²) >= 11 is 0. The van der Waals surface area contributed by atoms with Crippen molar-refractivity contribution < 1.29 is 4.79 Å². The zero-order valence-corrected chi connectivity index (χ0v) is 19.1. The van der Waals surface area contributed by atoms with Crippen LogP contribution in [0.3, 0.4) is 0 Å². The van der Waals surface area contributed by atoms with E-state index in [0.29, 0.717) is 6.04 Å². The first-order valence-corrected chi connectivity index (χ1v) is 12.2. The van der Waals surface area contributed by atoms with E-state index in [1.807, 2.05) is 42.5 Å². The molecule has 1 amide bonds. The summed E-state index contributed by atoms with van der Waals surface area (Å²) in [5.74, 6) is 0.0130. The molecule has 3 aromatic rings. The van der Waals surface area contributed by atoms with Crippen molar-refractivity contribution in [3.63, 3.8) is 0 Å². The van der Waals surface area contributed by atoms with Gasteiger partial charge in [0.05, 0.1) is 0 Å². The summed E-state index contributed by atoms with van der Waals surface area (Å²) in [7, 11) is 0. The lowest BCUT2D eigenvalue weighted by Crippen LogP contribution is -2.36. The number of amides is 1. The van der Waals surface area contributed by atoms with Gasteiger partial charge in [0, 0.05) is 24.7 Å². The molecule has 3 heteroatoms. The molecule has 1 aliphatic carbocycles. The zero-order valence-electron chi connectivity index (χ0n) is 19.1. The molecule has 2 N–H and O–H groups in total. The Bertz CT molecular complexity index is 1130. The maximum absolute atomic E-state index is 12.5. The van der Waals surface area contributed by atoms with Gasteiger partial charge in [-0.2, -0.15) is 0 Å².